The van der Waals surface area contributed by atoms with E-state index in [4.69, 9.17) is 0 Å². The monoisotopic (exact) mass is 311 g/mol. The highest BCUT2D eigenvalue weighted by Crippen LogP contribution is 2.31. The van der Waals surface area contributed by atoms with Gasteiger partial charge in [-0.2, -0.15) is 0 Å². The Balaban J connectivity index is 2.05. The third kappa shape index (κ3) is 2.69. The zero-order chi connectivity index (χ0) is 16.6. The first-order valence-electron chi connectivity index (χ1n) is 7.93. The summed E-state index contributed by atoms with van der Waals surface area (Å²) < 4.78 is 15.4. The van der Waals surface area contributed by atoms with E-state index in [1.807, 2.05) is 25.4 Å². The molecule has 0 fully saturated rings. The fourth-order valence-electron chi connectivity index (χ4n) is 3.19. The summed E-state index contributed by atoms with van der Waals surface area (Å²) in [6.45, 7) is 8.08. The van der Waals surface area contributed by atoms with Crippen LogP contribution in [0.3, 0.4) is 0 Å². The zero-order valence-corrected chi connectivity index (χ0v) is 14.1. The van der Waals surface area contributed by atoms with Gasteiger partial charge in [0.1, 0.15) is 5.82 Å². The molecule has 3 rings (SSSR count). The molecule has 0 unspecified atom stereocenters. The van der Waals surface area contributed by atoms with Crippen LogP contribution in [-0.4, -0.2) is 16.6 Å². The van der Waals surface area contributed by atoms with Crippen LogP contribution < -0.4 is 4.90 Å². The molecule has 0 saturated carbocycles. The molecule has 120 valence electrons. The molecule has 0 aliphatic carbocycles. The maximum Gasteiger partial charge on any atom is 0.153 e. The number of fused-ring (bicyclic) bond motifs is 1. The van der Waals surface area contributed by atoms with Gasteiger partial charge in [-0.25, -0.2) is 9.37 Å². The third-order valence-corrected chi connectivity index (χ3v) is 4.54. The number of rotatable bonds is 4. The number of hydrogen-bond acceptors (Lipinski definition) is 2. The van der Waals surface area contributed by atoms with Gasteiger partial charge in [-0.05, 0) is 50.1 Å². The van der Waals surface area contributed by atoms with Gasteiger partial charge in [-0.3, -0.25) is 0 Å². The summed E-state index contributed by atoms with van der Waals surface area (Å²) >= 11 is 0. The number of halogens is 1. The van der Waals surface area contributed by atoms with Crippen LogP contribution in [0.2, 0.25) is 0 Å². The Morgan fingerprint density at radius 1 is 1.13 bits per heavy atom. The Hall–Kier alpha value is -2.36. The third-order valence-electron chi connectivity index (χ3n) is 4.54. The van der Waals surface area contributed by atoms with E-state index in [0.717, 1.165) is 17.9 Å². The van der Waals surface area contributed by atoms with Gasteiger partial charge in [-0.1, -0.05) is 12.1 Å². The average Bonchev–Trinajstić information content (AvgIpc) is 2.80. The van der Waals surface area contributed by atoms with Gasteiger partial charge < -0.3 is 9.47 Å². The quantitative estimate of drug-likeness (QED) is 0.710. The van der Waals surface area contributed by atoms with E-state index in [1.54, 1.807) is 0 Å². The van der Waals surface area contributed by atoms with Gasteiger partial charge in [0.2, 0.25) is 0 Å². The molecule has 0 spiro atoms. The summed E-state index contributed by atoms with van der Waals surface area (Å²) in [6.07, 6.45) is 1.87. The minimum atomic E-state index is -0.206. The summed E-state index contributed by atoms with van der Waals surface area (Å²) in [7, 11) is 2.03. The van der Waals surface area contributed by atoms with E-state index in [1.165, 1.54) is 34.3 Å². The van der Waals surface area contributed by atoms with Crippen LogP contribution in [0.15, 0.2) is 36.5 Å². The summed E-state index contributed by atoms with van der Waals surface area (Å²) in [5.41, 5.74) is 4.83. The predicted octanol–water partition coefficient (Wildman–Crippen LogP) is 4.45. The number of nitrogens with zero attached hydrogens (tertiary/aromatic N) is 3. The lowest BCUT2D eigenvalue weighted by Crippen LogP contribution is -2.19. The number of pyridine rings is 1. The van der Waals surface area contributed by atoms with Crippen molar-refractivity contribution in [3.8, 4) is 0 Å². The van der Waals surface area contributed by atoms with Gasteiger partial charge in [0.15, 0.2) is 5.82 Å². The molecular formula is C19H22FN3. The van der Waals surface area contributed by atoms with Gasteiger partial charge in [-0.15, -0.1) is 0 Å². The second kappa shape index (κ2) is 6.03. The van der Waals surface area contributed by atoms with Crippen molar-refractivity contribution >= 4 is 16.7 Å². The molecule has 0 aliphatic heterocycles. The van der Waals surface area contributed by atoms with Crippen molar-refractivity contribution in [2.24, 2.45) is 0 Å². The van der Waals surface area contributed by atoms with E-state index >= 15 is 0 Å². The first-order valence-corrected chi connectivity index (χ1v) is 7.93. The van der Waals surface area contributed by atoms with E-state index in [0.29, 0.717) is 6.54 Å². The van der Waals surface area contributed by atoms with Gasteiger partial charge >= 0.3 is 0 Å². The Morgan fingerprint density at radius 3 is 2.48 bits per heavy atom. The minimum absolute atomic E-state index is 0.206. The normalized spacial score (nSPS) is 11.2. The van der Waals surface area contributed by atoms with E-state index < -0.39 is 0 Å². The lowest BCUT2D eigenvalue weighted by atomic mass is 10.2. The standard InChI is InChI=1S/C19H22FN3/c1-5-23-14(3)13(2)17-10-11-21-19(18(17)23)22(4)12-15-6-8-16(20)9-7-15/h6-11H,5,12H2,1-4H3. The Kier molecular flexibility index (Phi) is 4.07. The second-order valence-corrected chi connectivity index (χ2v) is 5.97. The summed E-state index contributed by atoms with van der Waals surface area (Å²) in [5, 5.41) is 1.25. The van der Waals surface area contributed by atoms with E-state index in [9.17, 15) is 4.39 Å². The maximum absolute atomic E-state index is 13.1. The Morgan fingerprint density at radius 2 is 1.83 bits per heavy atom. The highest BCUT2D eigenvalue weighted by atomic mass is 19.1. The molecule has 0 radical (unpaired) electrons. The summed E-state index contributed by atoms with van der Waals surface area (Å²) in [5.74, 6) is 0.757. The molecule has 0 amide bonds. The molecule has 0 N–H and O–H groups in total. The highest BCUT2D eigenvalue weighted by molar-refractivity contribution is 5.93. The Labute approximate surface area is 136 Å². The van der Waals surface area contributed by atoms with Crippen molar-refractivity contribution < 1.29 is 4.39 Å². The lowest BCUT2D eigenvalue weighted by Gasteiger charge is -2.20. The first kappa shape index (κ1) is 15.5. The predicted molar refractivity (Wildman–Crippen MR) is 93.4 cm³/mol. The van der Waals surface area contributed by atoms with Crippen LogP contribution in [0.1, 0.15) is 23.7 Å². The van der Waals surface area contributed by atoms with Crippen LogP contribution >= 0.6 is 0 Å². The van der Waals surface area contributed by atoms with Crippen molar-refractivity contribution in [3.63, 3.8) is 0 Å². The molecule has 4 heteroatoms. The molecule has 0 atom stereocenters. The SMILES string of the molecule is CCn1c(C)c(C)c2ccnc(N(C)Cc3ccc(F)cc3)c21. The fraction of sp³-hybridized carbons (Fsp3) is 0.316. The number of aromatic nitrogens is 2. The summed E-state index contributed by atoms with van der Waals surface area (Å²) in [4.78, 5) is 6.74. The van der Waals surface area contributed by atoms with Crippen LogP contribution in [0, 0.1) is 19.7 Å². The molecule has 0 aliphatic rings. The van der Waals surface area contributed by atoms with Crippen LogP contribution in [0.5, 0.6) is 0 Å². The second-order valence-electron chi connectivity index (χ2n) is 5.97. The first-order chi connectivity index (χ1) is 11.0. The maximum atomic E-state index is 13.1. The number of aryl methyl sites for hydroxylation is 2. The van der Waals surface area contributed by atoms with Crippen molar-refractivity contribution in [1.82, 2.24) is 9.55 Å². The minimum Gasteiger partial charge on any atom is -0.354 e. The largest absolute Gasteiger partial charge is 0.354 e. The molecule has 0 bridgehead atoms. The van der Waals surface area contributed by atoms with Gasteiger partial charge in [0.25, 0.3) is 0 Å². The average molecular weight is 311 g/mol. The zero-order valence-electron chi connectivity index (χ0n) is 14.1. The number of hydrogen-bond donors (Lipinski definition) is 0. The molecule has 2 aromatic heterocycles. The smallest absolute Gasteiger partial charge is 0.153 e. The number of benzene rings is 1. The fourth-order valence-corrected chi connectivity index (χ4v) is 3.19. The molecule has 0 saturated heterocycles. The molecule has 23 heavy (non-hydrogen) atoms. The topological polar surface area (TPSA) is 21.1 Å². The molecule has 2 heterocycles. The Bertz CT molecular complexity index is 834. The highest BCUT2D eigenvalue weighted by Gasteiger charge is 2.16. The van der Waals surface area contributed by atoms with Crippen molar-refractivity contribution in [2.45, 2.75) is 33.9 Å². The summed E-state index contributed by atoms with van der Waals surface area (Å²) in [6, 6.07) is 8.72. The van der Waals surface area contributed by atoms with Crippen LogP contribution in [0.4, 0.5) is 10.2 Å². The van der Waals surface area contributed by atoms with Gasteiger partial charge in [0.05, 0.1) is 5.52 Å². The number of anilines is 1. The lowest BCUT2D eigenvalue weighted by molar-refractivity contribution is 0.627. The van der Waals surface area contributed by atoms with Crippen molar-refractivity contribution in [2.75, 3.05) is 11.9 Å². The van der Waals surface area contributed by atoms with Crippen molar-refractivity contribution in [1.29, 1.82) is 0 Å². The van der Waals surface area contributed by atoms with Crippen LogP contribution in [0.25, 0.3) is 10.9 Å². The van der Waals surface area contributed by atoms with Gasteiger partial charge in [0, 0.05) is 37.4 Å². The molecule has 3 aromatic rings. The molecule has 1 aromatic carbocycles. The van der Waals surface area contributed by atoms with Crippen LogP contribution in [-0.2, 0) is 13.1 Å². The van der Waals surface area contributed by atoms with Crippen molar-refractivity contribution in [3.05, 3.63) is 59.2 Å². The van der Waals surface area contributed by atoms with E-state index in [-0.39, 0.29) is 5.82 Å². The molecular weight excluding hydrogens is 289 g/mol. The van der Waals surface area contributed by atoms with E-state index in [2.05, 4.69) is 41.3 Å². The molecule has 3 nitrogen and oxygen atoms in total.